The van der Waals surface area contributed by atoms with E-state index in [1.807, 2.05) is 18.5 Å². The molecule has 1 aliphatic heterocycles. The normalized spacial score (nSPS) is 17.3. The van der Waals surface area contributed by atoms with E-state index in [4.69, 9.17) is 0 Å². The predicted octanol–water partition coefficient (Wildman–Crippen LogP) is 1.84. The van der Waals surface area contributed by atoms with Gasteiger partial charge in [0.05, 0.1) is 11.7 Å². The van der Waals surface area contributed by atoms with Crippen LogP contribution in [0.1, 0.15) is 12.8 Å². The van der Waals surface area contributed by atoms with Crippen LogP contribution in [0.25, 0.3) is 10.9 Å². The van der Waals surface area contributed by atoms with Crippen molar-refractivity contribution in [2.45, 2.75) is 12.8 Å². The van der Waals surface area contributed by atoms with Gasteiger partial charge < -0.3 is 10.0 Å². The van der Waals surface area contributed by atoms with E-state index in [0.717, 1.165) is 36.8 Å². The van der Waals surface area contributed by atoms with Gasteiger partial charge in [0, 0.05) is 43.2 Å². The lowest BCUT2D eigenvalue weighted by molar-refractivity contribution is 0.203. The van der Waals surface area contributed by atoms with Gasteiger partial charge in [-0.2, -0.15) is 0 Å². The molecule has 3 heterocycles. The van der Waals surface area contributed by atoms with Crippen molar-refractivity contribution in [1.82, 2.24) is 9.97 Å². The number of hydrogen-bond donors (Lipinski definition) is 1. The van der Waals surface area contributed by atoms with Crippen LogP contribution in [-0.4, -0.2) is 34.8 Å². The summed E-state index contributed by atoms with van der Waals surface area (Å²) in [6.07, 6.45) is 7.58. The summed E-state index contributed by atoms with van der Waals surface area (Å²) in [5.74, 6) is 0.469. The summed E-state index contributed by atoms with van der Waals surface area (Å²) in [4.78, 5) is 10.8. The number of anilines is 1. The Labute approximate surface area is 106 Å². The lowest BCUT2D eigenvalue weighted by Crippen LogP contribution is -2.34. The maximum absolute atomic E-state index is 9.18. The van der Waals surface area contributed by atoms with Gasteiger partial charge in [0.1, 0.15) is 0 Å². The molecular weight excluding hydrogens is 226 g/mol. The SMILES string of the molecule is OCC1CCN(c2ccnc3cnccc23)CC1. The summed E-state index contributed by atoms with van der Waals surface area (Å²) >= 11 is 0. The van der Waals surface area contributed by atoms with Gasteiger partial charge in [-0.05, 0) is 30.9 Å². The van der Waals surface area contributed by atoms with Crippen LogP contribution in [0.2, 0.25) is 0 Å². The second kappa shape index (κ2) is 4.90. The minimum absolute atomic E-state index is 0.314. The molecule has 0 aromatic carbocycles. The van der Waals surface area contributed by atoms with Crippen molar-refractivity contribution in [2.24, 2.45) is 5.92 Å². The molecular formula is C14H17N3O. The van der Waals surface area contributed by atoms with Crippen LogP contribution in [0, 0.1) is 5.92 Å². The Balaban J connectivity index is 1.91. The van der Waals surface area contributed by atoms with E-state index in [2.05, 4.69) is 20.9 Å². The van der Waals surface area contributed by atoms with Gasteiger partial charge in [-0.25, -0.2) is 0 Å². The molecule has 1 saturated heterocycles. The van der Waals surface area contributed by atoms with E-state index < -0.39 is 0 Å². The third-order valence-corrected chi connectivity index (χ3v) is 3.74. The summed E-state index contributed by atoms with van der Waals surface area (Å²) in [6, 6.07) is 4.09. The summed E-state index contributed by atoms with van der Waals surface area (Å²) in [5, 5.41) is 10.3. The van der Waals surface area contributed by atoms with Gasteiger partial charge in [-0.1, -0.05) is 0 Å². The molecule has 1 N–H and O–H groups in total. The second-order valence-electron chi connectivity index (χ2n) is 4.84. The van der Waals surface area contributed by atoms with Crippen molar-refractivity contribution in [3.63, 3.8) is 0 Å². The molecule has 1 aliphatic rings. The smallest absolute Gasteiger partial charge is 0.0905 e. The molecule has 18 heavy (non-hydrogen) atoms. The lowest BCUT2D eigenvalue weighted by Gasteiger charge is -2.33. The largest absolute Gasteiger partial charge is 0.396 e. The average Bonchev–Trinajstić information content (AvgIpc) is 2.47. The van der Waals surface area contributed by atoms with Crippen molar-refractivity contribution < 1.29 is 5.11 Å². The number of rotatable bonds is 2. The number of aromatic nitrogens is 2. The molecule has 2 aromatic heterocycles. The molecule has 0 bridgehead atoms. The van der Waals surface area contributed by atoms with Crippen LogP contribution in [-0.2, 0) is 0 Å². The van der Waals surface area contributed by atoms with Gasteiger partial charge in [-0.15, -0.1) is 0 Å². The zero-order valence-corrected chi connectivity index (χ0v) is 10.3. The molecule has 4 heteroatoms. The first kappa shape index (κ1) is 11.4. The molecule has 0 unspecified atom stereocenters. The zero-order valence-electron chi connectivity index (χ0n) is 10.3. The molecule has 4 nitrogen and oxygen atoms in total. The van der Waals surface area contributed by atoms with Crippen molar-refractivity contribution in [2.75, 3.05) is 24.6 Å². The van der Waals surface area contributed by atoms with Crippen molar-refractivity contribution in [1.29, 1.82) is 0 Å². The summed E-state index contributed by atoms with van der Waals surface area (Å²) < 4.78 is 0. The van der Waals surface area contributed by atoms with E-state index >= 15 is 0 Å². The monoisotopic (exact) mass is 243 g/mol. The second-order valence-corrected chi connectivity index (χ2v) is 4.84. The van der Waals surface area contributed by atoms with E-state index in [1.165, 1.54) is 5.69 Å². The lowest BCUT2D eigenvalue weighted by atomic mass is 9.97. The summed E-state index contributed by atoms with van der Waals surface area (Å²) in [5.41, 5.74) is 2.18. The first-order valence-corrected chi connectivity index (χ1v) is 6.43. The number of piperidine rings is 1. The maximum Gasteiger partial charge on any atom is 0.0905 e. The zero-order chi connectivity index (χ0) is 12.4. The molecule has 3 rings (SSSR count). The minimum Gasteiger partial charge on any atom is -0.396 e. The quantitative estimate of drug-likeness (QED) is 0.874. The predicted molar refractivity (Wildman–Crippen MR) is 71.6 cm³/mol. The first-order valence-electron chi connectivity index (χ1n) is 6.43. The van der Waals surface area contributed by atoms with Crippen LogP contribution < -0.4 is 4.90 Å². The van der Waals surface area contributed by atoms with Gasteiger partial charge >= 0.3 is 0 Å². The Hall–Kier alpha value is -1.68. The van der Waals surface area contributed by atoms with Gasteiger partial charge in [0.2, 0.25) is 0 Å². The molecule has 0 radical (unpaired) electrons. The highest BCUT2D eigenvalue weighted by molar-refractivity contribution is 5.90. The first-order chi connectivity index (χ1) is 8.88. The van der Waals surface area contributed by atoms with Crippen LogP contribution in [0.3, 0.4) is 0 Å². The van der Waals surface area contributed by atoms with E-state index in [1.54, 1.807) is 6.20 Å². The van der Waals surface area contributed by atoms with Gasteiger partial charge in [0.15, 0.2) is 0 Å². The molecule has 0 amide bonds. The topological polar surface area (TPSA) is 49.2 Å². The van der Waals surface area contributed by atoms with E-state index in [0.29, 0.717) is 12.5 Å². The van der Waals surface area contributed by atoms with Crippen LogP contribution in [0.15, 0.2) is 30.7 Å². The fourth-order valence-electron chi connectivity index (χ4n) is 2.62. The number of aliphatic hydroxyl groups is 1. The molecule has 0 spiro atoms. The molecule has 94 valence electrons. The average molecular weight is 243 g/mol. The maximum atomic E-state index is 9.18. The Morgan fingerprint density at radius 2 is 2.06 bits per heavy atom. The van der Waals surface area contributed by atoms with Gasteiger partial charge in [-0.3, -0.25) is 9.97 Å². The molecule has 0 saturated carbocycles. The van der Waals surface area contributed by atoms with Crippen LogP contribution in [0.4, 0.5) is 5.69 Å². The van der Waals surface area contributed by atoms with Crippen molar-refractivity contribution in [3.8, 4) is 0 Å². The number of aliphatic hydroxyl groups excluding tert-OH is 1. The third-order valence-electron chi connectivity index (χ3n) is 3.74. The highest BCUT2D eigenvalue weighted by Gasteiger charge is 2.19. The summed E-state index contributed by atoms with van der Waals surface area (Å²) in [6.45, 7) is 2.33. The number of pyridine rings is 2. The van der Waals surface area contributed by atoms with Crippen LogP contribution in [0.5, 0.6) is 0 Å². The molecule has 0 atom stereocenters. The Bertz CT molecular complexity index is 530. The van der Waals surface area contributed by atoms with Gasteiger partial charge in [0.25, 0.3) is 0 Å². The highest BCUT2D eigenvalue weighted by Crippen LogP contribution is 2.28. The number of fused-ring (bicyclic) bond motifs is 1. The molecule has 2 aromatic rings. The third kappa shape index (κ3) is 2.04. The van der Waals surface area contributed by atoms with Crippen molar-refractivity contribution in [3.05, 3.63) is 30.7 Å². The molecule has 1 fully saturated rings. The number of hydrogen-bond acceptors (Lipinski definition) is 4. The fraction of sp³-hybridized carbons (Fsp3) is 0.429. The Morgan fingerprint density at radius 1 is 1.22 bits per heavy atom. The Morgan fingerprint density at radius 3 is 2.83 bits per heavy atom. The molecule has 0 aliphatic carbocycles. The fourth-order valence-corrected chi connectivity index (χ4v) is 2.62. The van der Waals surface area contributed by atoms with Crippen molar-refractivity contribution >= 4 is 16.6 Å². The van der Waals surface area contributed by atoms with E-state index in [-0.39, 0.29) is 0 Å². The van der Waals surface area contributed by atoms with E-state index in [9.17, 15) is 5.11 Å². The standard InChI is InChI=1S/C14H17N3O/c18-10-11-3-7-17(8-4-11)14-2-6-16-13-9-15-5-1-12(13)14/h1-2,5-6,9,11,18H,3-4,7-8,10H2. The summed E-state index contributed by atoms with van der Waals surface area (Å²) in [7, 11) is 0. The number of nitrogens with zero attached hydrogens (tertiary/aromatic N) is 3. The Kier molecular flexibility index (Phi) is 3.11. The highest BCUT2D eigenvalue weighted by atomic mass is 16.3. The minimum atomic E-state index is 0.314. The van der Waals surface area contributed by atoms with Crippen LogP contribution >= 0.6 is 0 Å².